The molecule has 0 aliphatic carbocycles. The number of rotatable bonds is 4. The zero-order valence-electron chi connectivity index (χ0n) is 13.3. The van der Waals surface area contributed by atoms with E-state index in [-0.39, 0.29) is 5.91 Å². The lowest BCUT2D eigenvalue weighted by Crippen LogP contribution is -2.26. The standard InChI is InChI=1S/C18H16ClN3O2/c1-11-4-3-5-14(10-11)17(23)20-12(2)18-21-16(22-24-18)13-6-8-15(19)9-7-13/h3-10,12H,1-2H3,(H,20,23)/t12-/m1/s1. The van der Waals surface area contributed by atoms with Crippen LogP contribution in [-0.2, 0) is 0 Å². The van der Waals surface area contributed by atoms with Gasteiger partial charge in [-0.3, -0.25) is 4.79 Å². The summed E-state index contributed by atoms with van der Waals surface area (Å²) >= 11 is 5.87. The molecule has 1 atom stereocenters. The average molecular weight is 342 g/mol. The molecular formula is C18H16ClN3O2. The predicted octanol–water partition coefficient (Wildman–Crippen LogP) is 4.19. The van der Waals surface area contributed by atoms with Gasteiger partial charge in [0.15, 0.2) is 0 Å². The molecule has 2 aromatic carbocycles. The highest BCUT2D eigenvalue weighted by atomic mass is 35.5. The highest BCUT2D eigenvalue weighted by Crippen LogP contribution is 2.21. The van der Waals surface area contributed by atoms with Gasteiger partial charge < -0.3 is 9.84 Å². The Morgan fingerprint density at radius 3 is 2.67 bits per heavy atom. The fourth-order valence-corrected chi connectivity index (χ4v) is 2.38. The van der Waals surface area contributed by atoms with Crippen LogP contribution < -0.4 is 5.32 Å². The van der Waals surface area contributed by atoms with Gasteiger partial charge in [0.05, 0.1) is 0 Å². The van der Waals surface area contributed by atoms with Crippen molar-refractivity contribution in [2.75, 3.05) is 0 Å². The van der Waals surface area contributed by atoms with Crippen LogP contribution in [0.2, 0.25) is 5.02 Å². The Morgan fingerprint density at radius 1 is 1.21 bits per heavy atom. The summed E-state index contributed by atoms with van der Waals surface area (Å²) in [7, 11) is 0. The average Bonchev–Trinajstić information content (AvgIpc) is 3.05. The molecule has 0 fully saturated rings. The fourth-order valence-electron chi connectivity index (χ4n) is 2.26. The molecular weight excluding hydrogens is 326 g/mol. The third-order valence-electron chi connectivity index (χ3n) is 3.54. The number of halogens is 1. The second-order valence-corrected chi connectivity index (χ2v) is 5.96. The molecule has 1 heterocycles. The van der Waals surface area contributed by atoms with Gasteiger partial charge in [-0.15, -0.1) is 0 Å². The van der Waals surface area contributed by atoms with E-state index in [1.165, 1.54) is 0 Å². The minimum Gasteiger partial charge on any atom is -0.341 e. The van der Waals surface area contributed by atoms with Gasteiger partial charge in [0.2, 0.25) is 11.7 Å². The van der Waals surface area contributed by atoms with Gasteiger partial charge in [-0.2, -0.15) is 4.98 Å². The van der Waals surface area contributed by atoms with E-state index in [0.717, 1.165) is 11.1 Å². The largest absolute Gasteiger partial charge is 0.341 e. The molecule has 0 aliphatic rings. The second kappa shape index (κ2) is 6.84. The third kappa shape index (κ3) is 3.63. The lowest BCUT2D eigenvalue weighted by Gasteiger charge is -2.09. The number of aryl methyl sites for hydroxylation is 1. The Morgan fingerprint density at radius 2 is 1.96 bits per heavy atom. The number of hydrogen-bond acceptors (Lipinski definition) is 4. The second-order valence-electron chi connectivity index (χ2n) is 5.53. The number of benzene rings is 2. The first-order chi connectivity index (χ1) is 11.5. The number of carbonyl (C=O) groups is 1. The Labute approximate surface area is 144 Å². The first kappa shape index (κ1) is 16.2. The molecule has 3 rings (SSSR count). The van der Waals surface area contributed by atoms with Crippen LogP contribution in [0.5, 0.6) is 0 Å². The highest BCUT2D eigenvalue weighted by molar-refractivity contribution is 6.30. The van der Waals surface area contributed by atoms with Crippen LogP contribution >= 0.6 is 11.6 Å². The molecule has 0 spiro atoms. The van der Waals surface area contributed by atoms with Gasteiger partial charge in [-0.25, -0.2) is 0 Å². The Balaban J connectivity index is 1.73. The molecule has 0 bridgehead atoms. The Hall–Kier alpha value is -2.66. The maximum absolute atomic E-state index is 12.3. The maximum Gasteiger partial charge on any atom is 0.251 e. The number of amides is 1. The molecule has 6 heteroatoms. The Bertz CT molecular complexity index is 859. The van der Waals surface area contributed by atoms with Crippen LogP contribution in [0, 0.1) is 6.92 Å². The van der Waals surface area contributed by atoms with Crippen LogP contribution in [0.15, 0.2) is 53.1 Å². The van der Waals surface area contributed by atoms with Crippen molar-refractivity contribution in [1.29, 1.82) is 0 Å². The summed E-state index contributed by atoms with van der Waals surface area (Å²) in [6, 6.07) is 14.1. The SMILES string of the molecule is Cc1cccc(C(=O)N[C@H](C)c2nc(-c3ccc(Cl)cc3)no2)c1. The molecule has 3 aromatic rings. The van der Waals surface area contributed by atoms with E-state index in [1.54, 1.807) is 25.1 Å². The molecule has 0 saturated heterocycles. The minimum atomic E-state index is -0.397. The Kier molecular flexibility index (Phi) is 4.62. The molecule has 0 radical (unpaired) electrons. The quantitative estimate of drug-likeness (QED) is 0.772. The molecule has 0 aliphatic heterocycles. The molecule has 5 nitrogen and oxygen atoms in total. The number of nitrogens with zero attached hydrogens (tertiary/aromatic N) is 2. The van der Waals surface area contributed by atoms with Crippen molar-refractivity contribution < 1.29 is 9.32 Å². The molecule has 0 unspecified atom stereocenters. The molecule has 122 valence electrons. The molecule has 1 N–H and O–H groups in total. The van der Waals surface area contributed by atoms with Gasteiger partial charge in [0.25, 0.3) is 5.91 Å². The normalized spacial score (nSPS) is 12.0. The van der Waals surface area contributed by atoms with Crippen LogP contribution in [0.4, 0.5) is 0 Å². The van der Waals surface area contributed by atoms with Crippen LogP contribution in [0.3, 0.4) is 0 Å². The van der Waals surface area contributed by atoms with Crippen LogP contribution in [-0.4, -0.2) is 16.0 Å². The van der Waals surface area contributed by atoms with Crippen molar-refractivity contribution in [3.8, 4) is 11.4 Å². The molecule has 1 amide bonds. The molecule has 1 aromatic heterocycles. The fraction of sp³-hybridized carbons (Fsp3) is 0.167. The topological polar surface area (TPSA) is 68.0 Å². The summed E-state index contributed by atoms with van der Waals surface area (Å²) in [5, 5.41) is 7.45. The van der Waals surface area contributed by atoms with Crippen molar-refractivity contribution in [1.82, 2.24) is 15.5 Å². The van der Waals surface area contributed by atoms with Crippen molar-refractivity contribution in [2.24, 2.45) is 0 Å². The lowest BCUT2D eigenvalue weighted by molar-refractivity contribution is 0.0932. The van der Waals surface area contributed by atoms with E-state index in [1.807, 2.05) is 37.3 Å². The smallest absolute Gasteiger partial charge is 0.251 e. The molecule has 0 saturated carbocycles. The number of nitrogens with one attached hydrogen (secondary N) is 1. The summed E-state index contributed by atoms with van der Waals surface area (Å²) in [6.07, 6.45) is 0. The van der Waals surface area contributed by atoms with E-state index in [2.05, 4.69) is 15.5 Å². The summed E-state index contributed by atoms with van der Waals surface area (Å²) < 4.78 is 5.26. The van der Waals surface area contributed by atoms with E-state index < -0.39 is 6.04 Å². The van der Waals surface area contributed by atoms with E-state index in [4.69, 9.17) is 16.1 Å². The van der Waals surface area contributed by atoms with Gasteiger partial charge in [0, 0.05) is 16.1 Å². The zero-order valence-corrected chi connectivity index (χ0v) is 14.0. The van der Waals surface area contributed by atoms with E-state index >= 15 is 0 Å². The van der Waals surface area contributed by atoms with Gasteiger partial charge >= 0.3 is 0 Å². The molecule has 24 heavy (non-hydrogen) atoms. The minimum absolute atomic E-state index is 0.183. The van der Waals surface area contributed by atoms with Crippen LogP contribution in [0.1, 0.15) is 34.8 Å². The van der Waals surface area contributed by atoms with Crippen molar-refractivity contribution in [3.63, 3.8) is 0 Å². The van der Waals surface area contributed by atoms with Gasteiger partial charge in [0.1, 0.15) is 6.04 Å². The van der Waals surface area contributed by atoms with Gasteiger partial charge in [-0.1, -0.05) is 34.5 Å². The van der Waals surface area contributed by atoms with E-state index in [9.17, 15) is 4.79 Å². The van der Waals surface area contributed by atoms with Crippen molar-refractivity contribution in [3.05, 3.63) is 70.6 Å². The summed E-state index contributed by atoms with van der Waals surface area (Å²) in [4.78, 5) is 16.6. The van der Waals surface area contributed by atoms with Gasteiger partial charge in [-0.05, 0) is 50.2 Å². The number of carbonyl (C=O) groups excluding carboxylic acids is 1. The monoisotopic (exact) mass is 341 g/mol. The first-order valence-electron chi connectivity index (χ1n) is 7.50. The van der Waals surface area contributed by atoms with Crippen LogP contribution in [0.25, 0.3) is 11.4 Å². The highest BCUT2D eigenvalue weighted by Gasteiger charge is 2.18. The lowest BCUT2D eigenvalue weighted by atomic mass is 10.1. The summed E-state index contributed by atoms with van der Waals surface area (Å²) in [5.41, 5.74) is 2.42. The first-order valence-corrected chi connectivity index (χ1v) is 7.88. The third-order valence-corrected chi connectivity index (χ3v) is 3.79. The maximum atomic E-state index is 12.3. The zero-order chi connectivity index (χ0) is 17.1. The van der Waals surface area contributed by atoms with E-state index in [0.29, 0.717) is 22.3 Å². The van der Waals surface area contributed by atoms with Crippen molar-refractivity contribution >= 4 is 17.5 Å². The summed E-state index contributed by atoms with van der Waals surface area (Å²) in [6.45, 7) is 3.74. The summed E-state index contributed by atoms with van der Waals surface area (Å²) in [5.74, 6) is 0.622. The predicted molar refractivity (Wildman–Crippen MR) is 91.8 cm³/mol. The number of hydrogen-bond donors (Lipinski definition) is 1. The van der Waals surface area contributed by atoms with Crippen molar-refractivity contribution in [2.45, 2.75) is 19.9 Å². The number of aromatic nitrogens is 2.